The summed E-state index contributed by atoms with van der Waals surface area (Å²) in [7, 11) is 3.16. The van der Waals surface area contributed by atoms with Crippen LogP contribution in [0.4, 0.5) is 0 Å². The van der Waals surface area contributed by atoms with Crippen molar-refractivity contribution < 1.29 is 19.1 Å². The molecule has 27 heavy (non-hydrogen) atoms. The third-order valence-electron chi connectivity index (χ3n) is 6.42. The zero-order chi connectivity index (χ0) is 18.9. The molecule has 6 rings (SSSR count). The highest BCUT2D eigenvalue weighted by Crippen LogP contribution is 2.65. The number of nitrogens with zero attached hydrogens (tertiary/aromatic N) is 2. The molecule has 1 aromatic carbocycles. The lowest BCUT2D eigenvalue weighted by Crippen LogP contribution is -2.40. The minimum absolute atomic E-state index is 0.152. The molecule has 6 atom stereocenters. The van der Waals surface area contributed by atoms with E-state index in [2.05, 4.69) is 39.8 Å². The topological polar surface area (TPSA) is 68.2 Å². The second-order valence-electron chi connectivity index (χ2n) is 7.63. The largest absolute Gasteiger partial charge is 0.493 e. The molecule has 6 unspecified atom stereocenters. The summed E-state index contributed by atoms with van der Waals surface area (Å²) >= 11 is 2.16. The normalized spacial score (nSPS) is 35.6. The maximum Gasteiger partial charge on any atom is 0.254 e. The van der Waals surface area contributed by atoms with Crippen LogP contribution in [0.1, 0.15) is 12.0 Å². The van der Waals surface area contributed by atoms with E-state index in [4.69, 9.17) is 9.47 Å². The van der Waals surface area contributed by atoms with E-state index in [9.17, 15) is 9.59 Å². The molecule has 0 spiro atoms. The third kappa shape index (κ3) is 2.40. The number of allylic oxidation sites excluding steroid dienone is 2. The van der Waals surface area contributed by atoms with Gasteiger partial charge in [-0.15, -0.1) is 0 Å². The molecule has 6 nitrogen and oxygen atoms in total. The van der Waals surface area contributed by atoms with E-state index in [0.29, 0.717) is 23.3 Å². The van der Waals surface area contributed by atoms with Crippen LogP contribution in [0.15, 0.2) is 29.4 Å². The molecule has 0 N–H and O–H groups in total. The second-order valence-corrected chi connectivity index (χ2v) is 8.79. The Bertz CT molecular complexity index is 875. The first-order valence-electron chi connectivity index (χ1n) is 9.06. The molecule has 3 fully saturated rings. The van der Waals surface area contributed by atoms with Crippen molar-refractivity contribution in [1.82, 2.24) is 5.01 Å². The quantitative estimate of drug-likeness (QED) is 0.289. The summed E-state index contributed by atoms with van der Waals surface area (Å²) in [5, 5.41) is 5.36. The van der Waals surface area contributed by atoms with Crippen LogP contribution in [-0.4, -0.2) is 37.3 Å². The Hall–Kier alpha value is -1.90. The molecule has 140 valence electrons. The Morgan fingerprint density at radius 1 is 1.07 bits per heavy atom. The molecule has 1 aliphatic heterocycles. The average molecular weight is 478 g/mol. The van der Waals surface area contributed by atoms with E-state index >= 15 is 0 Å². The van der Waals surface area contributed by atoms with Gasteiger partial charge in [0.25, 0.3) is 11.8 Å². The molecule has 1 heterocycles. The highest BCUT2D eigenvalue weighted by molar-refractivity contribution is 14.1. The van der Waals surface area contributed by atoms with Gasteiger partial charge in [0.2, 0.25) is 0 Å². The summed E-state index contributed by atoms with van der Waals surface area (Å²) in [4.78, 5) is 25.9. The number of imide groups is 1. The number of benzene rings is 1. The van der Waals surface area contributed by atoms with Crippen LogP contribution in [0.3, 0.4) is 0 Å². The summed E-state index contributed by atoms with van der Waals surface area (Å²) in [6.07, 6.45) is 7.03. The summed E-state index contributed by atoms with van der Waals surface area (Å²) in [5.74, 6) is 2.09. The first-order chi connectivity index (χ1) is 13.0. The fourth-order valence-corrected chi connectivity index (χ4v) is 6.04. The number of ether oxygens (including phenoxy) is 2. The van der Waals surface area contributed by atoms with Gasteiger partial charge in [-0.1, -0.05) is 12.2 Å². The van der Waals surface area contributed by atoms with Crippen molar-refractivity contribution in [3.63, 3.8) is 0 Å². The van der Waals surface area contributed by atoms with Gasteiger partial charge in [0.1, 0.15) is 0 Å². The summed E-state index contributed by atoms with van der Waals surface area (Å²) in [5.41, 5.74) is 0.747. The molecule has 0 aromatic heterocycles. The number of halogens is 1. The Morgan fingerprint density at radius 3 is 2.26 bits per heavy atom. The van der Waals surface area contributed by atoms with E-state index in [-0.39, 0.29) is 35.5 Å². The van der Waals surface area contributed by atoms with Crippen molar-refractivity contribution in [1.29, 1.82) is 0 Å². The highest BCUT2D eigenvalue weighted by atomic mass is 127. The number of hydrazone groups is 1. The van der Waals surface area contributed by atoms with Crippen LogP contribution < -0.4 is 9.47 Å². The number of hydrogen-bond acceptors (Lipinski definition) is 5. The van der Waals surface area contributed by atoms with Crippen LogP contribution in [0.2, 0.25) is 0 Å². The van der Waals surface area contributed by atoms with Gasteiger partial charge in [-0.3, -0.25) is 9.59 Å². The lowest BCUT2D eigenvalue weighted by atomic mass is 9.63. The predicted octanol–water partition coefficient (Wildman–Crippen LogP) is 2.70. The van der Waals surface area contributed by atoms with Gasteiger partial charge in [-0.2, -0.15) is 10.1 Å². The Balaban J connectivity index is 1.43. The average Bonchev–Trinajstić information content (AvgIpc) is 3.45. The fourth-order valence-electron chi connectivity index (χ4n) is 5.19. The third-order valence-corrected chi connectivity index (χ3v) is 7.22. The Kier molecular flexibility index (Phi) is 3.86. The van der Waals surface area contributed by atoms with Gasteiger partial charge >= 0.3 is 0 Å². The molecule has 1 aromatic rings. The molecule has 2 amide bonds. The molecular weight excluding hydrogens is 459 g/mol. The van der Waals surface area contributed by atoms with E-state index in [0.717, 1.165) is 20.6 Å². The van der Waals surface area contributed by atoms with Gasteiger partial charge in [-0.05, 0) is 70.4 Å². The van der Waals surface area contributed by atoms with Crippen LogP contribution in [0.25, 0.3) is 0 Å². The van der Waals surface area contributed by atoms with Crippen LogP contribution in [0.5, 0.6) is 11.5 Å². The van der Waals surface area contributed by atoms with Crippen molar-refractivity contribution in [3.8, 4) is 11.5 Å². The molecule has 4 aliphatic carbocycles. The first kappa shape index (κ1) is 17.2. The van der Waals surface area contributed by atoms with E-state index in [1.54, 1.807) is 26.5 Å². The Labute approximate surface area is 170 Å². The van der Waals surface area contributed by atoms with Crippen LogP contribution >= 0.6 is 22.6 Å². The van der Waals surface area contributed by atoms with Crippen molar-refractivity contribution in [2.45, 2.75) is 6.42 Å². The van der Waals surface area contributed by atoms with E-state index < -0.39 is 0 Å². The van der Waals surface area contributed by atoms with Crippen molar-refractivity contribution in [3.05, 3.63) is 33.4 Å². The number of hydrogen-bond donors (Lipinski definition) is 0. The van der Waals surface area contributed by atoms with Gasteiger partial charge in [0.05, 0.1) is 35.8 Å². The lowest BCUT2D eigenvalue weighted by molar-refractivity contribution is -0.140. The molecule has 2 bridgehead atoms. The summed E-state index contributed by atoms with van der Waals surface area (Å²) in [6.45, 7) is 0. The van der Waals surface area contributed by atoms with Crippen LogP contribution in [0, 0.1) is 39.1 Å². The maximum absolute atomic E-state index is 12.9. The van der Waals surface area contributed by atoms with E-state index in [1.807, 2.05) is 6.07 Å². The summed E-state index contributed by atoms with van der Waals surface area (Å²) in [6, 6.07) is 3.66. The minimum Gasteiger partial charge on any atom is -0.493 e. The molecule has 7 heteroatoms. The van der Waals surface area contributed by atoms with Crippen molar-refractivity contribution in [2.75, 3.05) is 14.2 Å². The van der Waals surface area contributed by atoms with Crippen molar-refractivity contribution in [2.24, 2.45) is 40.6 Å². The minimum atomic E-state index is -0.223. The zero-order valence-corrected chi connectivity index (χ0v) is 17.1. The summed E-state index contributed by atoms with van der Waals surface area (Å²) < 4.78 is 11.6. The smallest absolute Gasteiger partial charge is 0.254 e. The maximum atomic E-state index is 12.9. The zero-order valence-electron chi connectivity index (χ0n) is 15.0. The molecule has 2 saturated carbocycles. The number of carbonyl (C=O) groups is 2. The number of methoxy groups -OCH3 is 2. The Morgan fingerprint density at radius 2 is 1.70 bits per heavy atom. The molecule has 5 aliphatic rings. The van der Waals surface area contributed by atoms with Crippen molar-refractivity contribution >= 4 is 40.6 Å². The fraction of sp³-hybridized carbons (Fsp3) is 0.450. The van der Waals surface area contributed by atoms with Gasteiger partial charge in [-0.25, -0.2) is 0 Å². The first-order valence-corrected chi connectivity index (χ1v) is 10.1. The number of amides is 2. The van der Waals surface area contributed by atoms with Crippen LogP contribution in [-0.2, 0) is 9.59 Å². The molecule has 0 radical (unpaired) electrons. The molecule has 1 saturated heterocycles. The van der Waals surface area contributed by atoms with Gasteiger partial charge in [0, 0.05) is 0 Å². The van der Waals surface area contributed by atoms with Gasteiger partial charge in [0.15, 0.2) is 11.5 Å². The number of rotatable bonds is 4. The predicted molar refractivity (Wildman–Crippen MR) is 106 cm³/mol. The van der Waals surface area contributed by atoms with Gasteiger partial charge < -0.3 is 9.47 Å². The van der Waals surface area contributed by atoms with E-state index in [1.165, 1.54) is 0 Å². The standard InChI is InChI=1S/C20H19IN2O4/c1-26-15-6-9(5-14(21)18(15)27-2)8-22-23-19(24)16-10-3-4-11(13-7-12(10)13)17(16)20(23)25/h3-6,8,10-13,16-17H,7H2,1-2H3/b22-8+. The number of carbonyl (C=O) groups excluding carboxylic acids is 2. The SMILES string of the molecule is COc1cc(/C=N/N2C(=O)C3C4C=CC(C5CC45)C3C2=O)cc(I)c1OC. The highest BCUT2D eigenvalue weighted by Gasteiger charge is 2.67. The molecular formula is C20H19IN2O4. The second kappa shape index (κ2) is 6.05. The lowest BCUT2D eigenvalue weighted by Gasteiger charge is -2.37. The monoisotopic (exact) mass is 478 g/mol.